The van der Waals surface area contributed by atoms with E-state index in [1.807, 2.05) is 0 Å². The second-order valence-electron chi connectivity index (χ2n) is 6.98. The molecule has 0 aliphatic heterocycles. The van der Waals surface area contributed by atoms with E-state index >= 15 is 0 Å². The zero-order valence-electron chi connectivity index (χ0n) is 19.7. The average molecular weight is 596 g/mol. The van der Waals surface area contributed by atoms with Crippen molar-refractivity contribution in [3.8, 4) is 0 Å². The Morgan fingerprint density at radius 2 is 0.647 bits per heavy atom. The minimum absolute atomic E-state index is 0. The Labute approximate surface area is 228 Å². The van der Waals surface area contributed by atoms with Gasteiger partial charge in [0.15, 0.2) is 0 Å². The molecule has 0 radical (unpaired) electrons. The average Bonchev–Trinajstić information content (AvgIpc) is 2.86. The van der Waals surface area contributed by atoms with E-state index in [1.54, 1.807) is 112 Å². The van der Waals surface area contributed by atoms with Crippen molar-refractivity contribution in [3.63, 3.8) is 0 Å². The summed E-state index contributed by atoms with van der Waals surface area (Å²) in [6, 6.07) is 25.5. The molecule has 0 N–H and O–H groups in total. The maximum Gasteiger partial charge on any atom is 3.00 e. The standard InChI is InChI=1S/3C8H11O2P.Y/c3*1-2-11(9,10)8-6-4-3-5-7-8;/h3*3-7H,2H2,1H3,(H,9,10);/q;;;+3/p-3. The van der Waals surface area contributed by atoms with E-state index in [2.05, 4.69) is 0 Å². The summed E-state index contributed by atoms with van der Waals surface area (Å²) >= 11 is 0. The first-order valence-electron chi connectivity index (χ1n) is 10.6. The first-order valence-corrected chi connectivity index (χ1v) is 16.0. The van der Waals surface area contributed by atoms with Crippen molar-refractivity contribution in [1.29, 1.82) is 0 Å². The minimum Gasteiger partial charge on any atom is -0.796 e. The van der Waals surface area contributed by atoms with Crippen molar-refractivity contribution in [1.82, 2.24) is 0 Å². The fourth-order valence-electron chi connectivity index (χ4n) is 2.51. The third kappa shape index (κ3) is 11.4. The Bertz CT molecular complexity index is 954. The predicted molar refractivity (Wildman–Crippen MR) is 133 cm³/mol. The molecule has 0 fully saturated rings. The van der Waals surface area contributed by atoms with Crippen LogP contribution >= 0.6 is 22.1 Å². The van der Waals surface area contributed by atoms with Crippen LogP contribution in [-0.2, 0) is 46.4 Å². The normalized spacial score (nSPS) is 15.4. The van der Waals surface area contributed by atoms with Crippen molar-refractivity contribution in [2.45, 2.75) is 20.8 Å². The van der Waals surface area contributed by atoms with Crippen LogP contribution in [0.3, 0.4) is 0 Å². The molecule has 0 spiro atoms. The molecule has 0 heterocycles. The van der Waals surface area contributed by atoms with Gasteiger partial charge in [-0.1, -0.05) is 112 Å². The fraction of sp³-hybridized carbons (Fsp3) is 0.250. The quantitative estimate of drug-likeness (QED) is 0.404. The van der Waals surface area contributed by atoms with E-state index in [4.69, 9.17) is 0 Å². The molecule has 3 unspecified atom stereocenters. The maximum absolute atomic E-state index is 11.2. The molecule has 0 aliphatic carbocycles. The zero-order chi connectivity index (χ0) is 25.0. The van der Waals surface area contributed by atoms with E-state index in [9.17, 15) is 28.4 Å². The number of hydrogen-bond donors (Lipinski definition) is 0. The van der Waals surface area contributed by atoms with E-state index in [0.717, 1.165) is 0 Å². The predicted octanol–water partition coefficient (Wildman–Crippen LogP) is 2.91. The Balaban J connectivity index is 0.000000473. The van der Waals surface area contributed by atoms with Gasteiger partial charge < -0.3 is 28.4 Å². The number of rotatable bonds is 6. The van der Waals surface area contributed by atoms with Gasteiger partial charge in [-0.25, -0.2) is 0 Å². The van der Waals surface area contributed by atoms with Crippen LogP contribution in [0.15, 0.2) is 91.0 Å². The topological polar surface area (TPSA) is 120 Å². The van der Waals surface area contributed by atoms with Gasteiger partial charge in [0, 0.05) is 22.1 Å². The van der Waals surface area contributed by atoms with Crippen molar-refractivity contribution in [3.05, 3.63) is 91.0 Å². The Kier molecular flexibility index (Phi) is 15.8. The van der Waals surface area contributed by atoms with Gasteiger partial charge in [0.25, 0.3) is 0 Å². The second-order valence-corrected chi connectivity index (χ2v) is 14.5. The van der Waals surface area contributed by atoms with Crippen molar-refractivity contribution in [2.75, 3.05) is 18.5 Å². The summed E-state index contributed by atoms with van der Waals surface area (Å²) in [5.41, 5.74) is 0. The molecule has 10 heteroatoms. The Hall–Kier alpha value is -0.666. The first-order chi connectivity index (χ1) is 15.5. The molecule has 0 saturated carbocycles. The van der Waals surface area contributed by atoms with Crippen molar-refractivity contribution in [2.24, 2.45) is 0 Å². The van der Waals surface area contributed by atoms with Gasteiger partial charge >= 0.3 is 32.7 Å². The molecule has 0 amide bonds. The number of benzene rings is 3. The van der Waals surface area contributed by atoms with E-state index in [-0.39, 0.29) is 51.2 Å². The molecule has 3 aromatic carbocycles. The van der Waals surface area contributed by atoms with Gasteiger partial charge in [-0.3, -0.25) is 0 Å². The van der Waals surface area contributed by atoms with Crippen LogP contribution in [0, 0.1) is 0 Å². The van der Waals surface area contributed by atoms with Crippen LogP contribution in [0.4, 0.5) is 0 Å². The summed E-state index contributed by atoms with van der Waals surface area (Å²) in [6.45, 7) is 4.96. The molecule has 0 saturated heterocycles. The summed E-state index contributed by atoms with van der Waals surface area (Å²) < 4.78 is 33.7. The van der Waals surface area contributed by atoms with Crippen LogP contribution in [-0.4, -0.2) is 18.5 Å². The zero-order valence-corrected chi connectivity index (χ0v) is 25.2. The molecule has 34 heavy (non-hydrogen) atoms. The number of hydrogen-bond acceptors (Lipinski definition) is 6. The van der Waals surface area contributed by atoms with Gasteiger partial charge in [-0.2, -0.15) is 0 Å². The summed E-state index contributed by atoms with van der Waals surface area (Å²) in [5, 5.41) is 1.30. The molecular weight excluding hydrogens is 566 g/mol. The Morgan fingerprint density at radius 1 is 0.471 bits per heavy atom. The van der Waals surface area contributed by atoms with E-state index in [0.29, 0.717) is 15.9 Å². The maximum atomic E-state index is 11.2. The summed E-state index contributed by atoms with van der Waals surface area (Å²) in [5.74, 6) is 0. The van der Waals surface area contributed by atoms with Crippen LogP contribution in [0.25, 0.3) is 0 Å². The van der Waals surface area contributed by atoms with Crippen LogP contribution in [0.1, 0.15) is 20.8 Å². The van der Waals surface area contributed by atoms with Crippen molar-refractivity contribution < 1.29 is 61.1 Å². The molecule has 3 atom stereocenters. The molecule has 3 aromatic rings. The molecule has 0 aromatic heterocycles. The molecule has 0 bridgehead atoms. The van der Waals surface area contributed by atoms with Gasteiger partial charge in [0.1, 0.15) is 0 Å². The van der Waals surface area contributed by atoms with Gasteiger partial charge in [-0.15, -0.1) is 0 Å². The molecule has 6 nitrogen and oxygen atoms in total. The van der Waals surface area contributed by atoms with Crippen LogP contribution in [0.2, 0.25) is 0 Å². The third-order valence-corrected chi connectivity index (χ3v) is 10.5. The molecule has 0 aliphatic rings. The molecule has 180 valence electrons. The van der Waals surface area contributed by atoms with E-state index in [1.165, 1.54) is 0 Å². The van der Waals surface area contributed by atoms with Crippen molar-refractivity contribution >= 4 is 38.0 Å². The van der Waals surface area contributed by atoms with Crippen LogP contribution < -0.4 is 30.6 Å². The molecular formula is C24H30O6P3Y. The third-order valence-electron chi connectivity index (χ3n) is 4.70. The smallest absolute Gasteiger partial charge is 0.796 e. The minimum atomic E-state index is -3.28. The Morgan fingerprint density at radius 3 is 0.794 bits per heavy atom. The SMILES string of the molecule is CCP(=O)([O-])c1ccccc1.CCP(=O)([O-])c1ccccc1.CCP(=O)([O-])c1ccccc1.[Y+3]. The van der Waals surface area contributed by atoms with Crippen LogP contribution in [0.5, 0.6) is 0 Å². The second kappa shape index (κ2) is 16.2. The van der Waals surface area contributed by atoms with E-state index < -0.39 is 22.1 Å². The summed E-state index contributed by atoms with van der Waals surface area (Å²) in [7, 11) is -9.83. The van der Waals surface area contributed by atoms with Gasteiger partial charge in [0.05, 0.1) is 0 Å². The summed E-state index contributed by atoms with van der Waals surface area (Å²) in [4.78, 5) is 33.7. The van der Waals surface area contributed by atoms with Gasteiger partial charge in [0.2, 0.25) is 0 Å². The van der Waals surface area contributed by atoms with Gasteiger partial charge in [-0.05, 0) is 34.4 Å². The first kappa shape index (κ1) is 33.3. The molecule has 3 rings (SSSR count). The summed E-state index contributed by atoms with van der Waals surface area (Å²) in [6.07, 6.45) is 0.574. The fourth-order valence-corrected chi connectivity index (χ4v) is 5.49. The largest absolute Gasteiger partial charge is 3.00 e. The monoisotopic (exact) mass is 596 g/mol.